The van der Waals surface area contributed by atoms with Gasteiger partial charge in [0.15, 0.2) is 0 Å². The Labute approximate surface area is 94.4 Å². The van der Waals surface area contributed by atoms with Gasteiger partial charge in [-0.05, 0) is 28.9 Å². The van der Waals surface area contributed by atoms with Crippen LogP contribution in [0.15, 0.2) is 21.4 Å². The summed E-state index contributed by atoms with van der Waals surface area (Å²) in [5.74, 6) is 1.26. The highest BCUT2D eigenvalue weighted by Gasteiger charge is 2.07. The van der Waals surface area contributed by atoms with Crippen LogP contribution in [-0.4, -0.2) is 17.1 Å². The van der Waals surface area contributed by atoms with Crippen molar-refractivity contribution >= 4 is 26.8 Å². The fourth-order valence-corrected chi connectivity index (χ4v) is 1.92. The fraction of sp³-hybridized carbons (Fsp3) is 0.200. The highest BCUT2D eigenvalue weighted by atomic mass is 79.9. The molecule has 4 nitrogen and oxygen atoms in total. The predicted octanol–water partition coefficient (Wildman–Crippen LogP) is 2.00. The van der Waals surface area contributed by atoms with Gasteiger partial charge in [-0.25, -0.2) is 4.98 Å². The second-order valence-electron chi connectivity index (χ2n) is 3.16. The number of hydrogen-bond donors (Lipinski definition) is 1. The number of hydrogen-bond acceptors (Lipinski definition) is 3. The lowest BCUT2D eigenvalue weighted by atomic mass is 10.2. The minimum Gasteiger partial charge on any atom is -0.495 e. The lowest BCUT2D eigenvalue weighted by Gasteiger charge is -2.04. The highest BCUT2D eigenvalue weighted by molar-refractivity contribution is 9.10. The molecule has 78 valence electrons. The molecule has 0 aliphatic rings. The first-order valence-electron chi connectivity index (χ1n) is 4.36. The molecular formula is C10H9BrN2O2. The standard InChI is InChI=1S/C10H9BrN2O2/c1-5-12-8-4-9(15-2)7(11)3-6(8)10(14)13-5/h3-4H,1-2H3,(H,12,13,14). The molecule has 5 heteroatoms. The number of H-pyrrole nitrogens is 1. The number of halogens is 1. The number of nitrogens with zero attached hydrogens (tertiary/aromatic N) is 1. The first-order valence-corrected chi connectivity index (χ1v) is 5.15. The van der Waals surface area contributed by atoms with Crippen LogP contribution in [0.3, 0.4) is 0 Å². The van der Waals surface area contributed by atoms with E-state index in [1.165, 1.54) is 0 Å². The van der Waals surface area contributed by atoms with E-state index in [4.69, 9.17) is 4.74 Å². The van der Waals surface area contributed by atoms with Crippen LogP contribution in [0, 0.1) is 6.92 Å². The van der Waals surface area contributed by atoms with Crippen LogP contribution in [0.25, 0.3) is 10.9 Å². The molecule has 1 aromatic carbocycles. The van der Waals surface area contributed by atoms with Gasteiger partial charge in [0.25, 0.3) is 5.56 Å². The number of rotatable bonds is 1. The molecule has 0 spiro atoms. The van der Waals surface area contributed by atoms with Crippen LogP contribution >= 0.6 is 15.9 Å². The van der Waals surface area contributed by atoms with Gasteiger partial charge in [0.1, 0.15) is 11.6 Å². The maximum absolute atomic E-state index is 11.6. The molecule has 0 atom stereocenters. The van der Waals surface area contributed by atoms with Crippen LogP contribution in [0.5, 0.6) is 5.75 Å². The van der Waals surface area contributed by atoms with Gasteiger partial charge >= 0.3 is 0 Å². The molecule has 2 rings (SSSR count). The summed E-state index contributed by atoms with van der Waals surface area (Å²) in [5.41, 5.74) is 0.497. The number of aryl methyl sites for hydroxylation is 1. The molecule has 1 aromatic heterocycles. The van der Waals surface area contributed by atoms with Crippen molar-refractivity contribution in [3.05, 3.63) is 32.8 Å². The molecule has 0 saturated heterocycles. The Bertz CT molecular complexity index is 577. The molecule has 0 aliphatic carbocycles. The van der Waals surface area contributed by atoms with E-state index in [2.05, 4.69) is 25.9 Å². The summed E-state index contributed by atoms with van der Waals surface area (Å²) in [5, 5.41) is 0.549. The largest absolute Gasteiger partial charge is 0.495 e. The average molecular weight is 269 g/mol. The molecule has 2 aromatic rings. The monoisotopic (exact) mass is 268 g/mol. The number of fused-ring (bicyclic) bond motifs is 1. The third kappa shape index (κ3) is 1.74. The van der Waals surface area contributed by atoms with E-state index in [9.17, 15) is 4.79 Å². The van der Waals surface area contributed by atoms with E-state index < -0.39 is 0 Å². The number of aromatic nitrogens is 2. The van der Waals surface area contributed by atoms with Crippen LogP contribution in [0.1, 0.15) is 5.82 Å². The minimum atomic E-state index is -0.138. The third-order valence-electron chi connectivity index (χ3n) is 2.10. The molecular weight excluding hydrogens is 260 g/mol. The van der Waals surface area contributed by atoms with Crippen molar-refractivity contribution in [2.24, 2.45) is 0 Å². The van der Waals surface area contributed by atoms with E-state index in [0.717, 1.165) is 4.47 Å². The molecule has 0 bridgehead atoms. The Morgan fingerprint density at radius 2 is 2.20 bits per heavy atom. The highest BCUT2D eigenvalue weighted by Crippen LogP contribution is 2.27. The predicted molar refractivity (Wildman–Crippen MR) is 61.4 cm³/mol. The maximum Gasteiger partial charge on any atom is 0.258 e. The summed E-state index contributed by atoms with van der Waals surface area (Å²) in [6, 6.07) is 3.45. The zero-order valence-corrected chi connectivity index (χ0v) is 9.88. The summed E-state index contributed by atoms with van der Waals surface area (Å²) in [6.07, 6.45) is 0. The zero-order chi connectivity index (χ0) is 11.0. The van der Waals surface area contributed by atoms with Gasteiger partial charge in [0.05, 0.1) is 22.5 Å². The molecule has 0 radical (unpaired) electrons. The number of aromatic amines is 1. The third-order valence-corrected chi connectivity index (χ3v) is 2.72. The molecule has 0 aliphatic heterocycles. The number of nitrogens with one attached hydrogen (secondary N) is 1. The number of methoxy groups -OCH3 is 1. The Hall–Kier alpha value is -1.36. The summed E-state index contributed by atoms with van der Waals surface area (Å²) in [6.45, 7) is 1.75. The topological polar surface area (TPSA) is 55.0 Å². The van der Waals surface area contributed by atoms with Crippen molar-refractivity contribution in [2.45, 2.75) is 6.92 Å². The molecule has 1 N–H and O–H groups in total. The van der Waals surface area contributed by atoms with E-state index in [0.29, 0.717) is 22.5 Å². The molecule has 15 heavy (non-hydrogen) atoms. The van der Waals surface area contributed by atoms with Crippen molar-refractivity contribution < 1.29 is 4.74 Å². The second kappa shape index (κ2) is 3.66. The SMILES string of the molecule is COc1cc2nc(C)[nH]c(=O)c2cc1Br. The number of ether oxygens (including phenoxy) is 1. The fourth-order valence-electron chi connectivity index (χ4n) is 1.41. The lowest BCUT2D eigenvalue weighted by molar-refractivity contribution is 0.412. The van der Waals surface area contributed by atoms with Gasteiger partial charge in [-0.3, -0.25) is 4.79 Å². The first-order chi connectivity index (χ1) is 7.11. The lowest BCUT2D eigenvalue weighted by Crippen LogP contribution is -2.09. The van der Waals surface area contributed by atoms with Crippen LogP contribution in [0.4, 0.5) is 0 Å². The van der Waals surface area contributed by atoms with Crippen LogP contribution in [-0.2, 0) is 0 Å². The van der Waals surface area contributed by atoms with E-state index >= 15 is 0 Å². The maximum atomic E-state index is 11.6. The molecule has 0 fully saturated rings. The van der Waals surface area contributed by atoms with E-state index in [-0.39, 0.29) is 5.56 Å². The first kappa shape index (κ1) is 10.2. The van der Waals surface area contributed by atoms with Gasteiger partial charge in [-0.15, -0.1) is 0 Å². The Morgan fingerprint density at radius 1 is 1.47 bits per heavy atom. The normalized spacial score (nSPS) is 10.6. The van der Waals surface area contributed by atoms with Crippen LogP contribution < -0.4 is 10.3 Å². The summed E-state index contributed by atoms with van der Waals surface area (Å²) < 4.78 is 5.88. The Kier molecular flexibility index (Phi) is 2.48. The van der Waals surface area contributed by atoms with Gasteiger partial charge in [0, 0.05) is 6.07 Å². The Balaban J connectivity index is 2.87. The Morgan fingerprint density at radius 3 is 2.87 bits per heavy atom. The van der Waals surface area contributed by atoms with Gasteiger partial charge in [0.2, 0.25) is 0 Å². The zero-order valence-electron chi connectivity index (χ0n) is 8.30. The van der Waals surface area contributed by atoms with Gasteiger partial charge < -0.3 is 9.72 Å². The van der Waals surface area contributed by atoms with E-state index in [1.54, 1.807) is 26.2 Å². The summed E-state index contributed by atoms with van der Waals surface area (Å²) in [7, 11) is 1.58. The van der Waals surface area contributed by atoms with E-state index in [1.807, 2.05) is 0 Å². The molecule has 0 amide bonds. The average Bonchev–Trinajstić information content (AvgIpc) is 2.18. The van der Waals surface area contributed by atoms with Crippen molar-refractivity contribution in [1.29, 1.82) is 0 Å². The van der Waals surface area contributed by atoms with Crippen LogP contribution in [0.2, 0.25) is 0 Å². The molecule has 0 saturated carbocycles. The van der Waals surface area contributed by atoms with Crippen molar-refractivity contribution in [3.63, 3.8) is 0 Å². The quantitative estimate of drug-likeness (QED) is 0.861. The summed E-state index contributed by atoms with van der Waals surface area (Å²) >= 11 is 3.32. The summed E-state index contributed by atoms with van der Waals surface area (Å²) in [4.78, 5) is 18.5. The van der Waals surface area contributed by atoms with Crippen molar-refractivity contribution in [1.82, 2.24) is 9.97 Å². The van der Waals surface area contributed by atoms with Crippen molar-refractivity contribution in [2.75, 3.05) is 7.11 Å². The molecule has 0 unspecified atom stereocenters. The van der Waals surface area contributed by atoms with Gasteiger partial charge in [-0.2, -0.15) is 0 Å². The molecule has 1 heterocycles. The number of benzene rings is 1. The van der Waals surface area contributed by atoms with Crippen molar-refractivity contribution in [3.8, 4) is 5.75 Å². The van der Waals surface area contributed by atoms with Gasteiger partial charge in [-0.1, -0.05) is 0 Å². The smallest absolute Gasteiger partial charge is 0.258 e. The second-order valence-corrected chi connectivity index (χ2v) is 4.01. The minimum absolute atomic E-state index is 0.138.